The molecule has 2 rings (SSSR count). The first-order valence-corrected chi connectivity index (χ1v) is 8.11. The highest BCUT2D eigenvalue weighted by molar-refractivity contribution is 7.86. The zero-order valence-corrected chi connectivity index (χ0v) is 12.5. The third kappa shape index (κ3) is 3.71. The second-order valence-corrected chi connectivity index (χ2v) is 7.19. The fraction of sp³-hybridized carbons (Fsp3) is 1.00. The maximum atomic E-state index is 11.2. The van der Waals surface area contributed by atoms with E-state index < -0.39 is 70.1 Å². The van der Waals surface area contributed by atoms with Gasteiger partial charge in [0.15, 0.2) is 0 Å². The van der Waals surface area contributed by atoms with E-state index in [2.05, 4.69) is 4.84 Å². The normalized spacial score (nSPS) is 36.4. The lowest BCUT2D eigenvalue weighted by Gasteiger charge is -2.33. The van der Waals surface area contributed by atoms with Gasteiger partial charge in [-0.3, -0.25) is 4.55 Å². The van der Waals surface area contributed by atoms with Crippen LogP contribution in [0.2, 0.25) is 0 Å². The Morgan fingerprint density at radius 1 is 1.43 bits per heavy atom. The van der Waals surface area contributed by atoms with Crippen molar-refractivity contribution >= 4 is 10.1 Å². The van der Waals surface area contributed by atoms with Gasteiger partial charge in [0.05, 0.1) is 19.3 Å². The number of rotatable bonds is 7. The predicted molar refractivity (Wildman–Crippen MR) is 69.3 cm³/mol. The van der Waals surface area contributed by atoms with Crippen LogP contribution in [-0.4, -0.2) is 88.5 Å². The average molecular weight is 359 g/mol. The number of hydrogen-bond donors (Lipinski definition) is 4. The summed E-state index contributed by atoms with van der Waals surface area (Å²) in [6.45, 7) is -1.58. The predicted octanol–water partition coefficient (Wildman–Crippen LogP) is -2.91. The molecule has 13 heteroatoms. The largest absolute Gasteiger partial charge is 0.390 e. The summed E-state index contributed by atoms with van der Waals surface area (Å²) >= 11 is 0. The molecule has 2 unspecified atom stereocenters. The van der Waals surface area contributed by atoms with E-state index in [0.29, 0.717) is 0 Å². The number of aliphatic hydroxyl groups excluding tert-OH is 2. The highest BCUT2D eigenvalue weighted by Gasteiger charge is 2.59. The molecule has 0 bridgehead atoms. The molecule has 0 spiro atoms. The third-order valence-corrected chi connectivity index (χ3v) is 5.15. The lowest BCUT2D eigenvalue weighted by molar-refractivity contribution is -0.757. The number of fused-ring (bicyclic) bond motifs is 1. The van der Waals surface area contributed by atoms with Gasteiger partial charge in [0.25, 0.3) is 15.2 Å². The SMILES string of the molecule is O=[N+]([O-])OCC(CC(O)[C@]1(O)CO[C@@H]2[C@@H](O)CO[C@@H]21)S(=O)(=O)O. The van der Waals surface area contributed by atoms with Gasteiger partial charge in [-0.1, -0.05) is 0 Å². The monoisotopic (exact) mass is 359 g/mol. The van der Waals surface area contributed by atoms with Gasteiger partial charge in [-0.05, 0) is 6.42 Å². The molecule has 0 amide bonds. The molecule has 0 radical (unpaired) electrons. The van der Waals surface area contributed by atoms with Gasteiger partial charge in [-0.15, -0.1) is 10.1 Å². The van der Waals surface area contributed by atoms with Crippen LogP contribution in [0.25, 0.3) is 0 Å². The van der Waals surface area contributed by atoms with Crippen LogP contribution >= 0.6 is 0 Å². The molecule has 2 heterocycles. The molecule has 0 aromatic carbocycles. The topological polar surface area (TPSA) is 186 Å². The number of aliphatic hydroxyl groups is 3. The van der Waals surface area contributed by atoms with Gasteiger partial charge >= 0.3 is 0 Å². The molecular formula is C10H17NO11S. The van der Waals surface area contributed by atoms with Gasteiger partial charge < -0.3 is 29.6 Å². The van der Waals surface area contributed by atoms with Crippen molar-refractivity contribution in [2.75, 3.05) is 19.8 Å². The fourth-order valence-electron chi connectivity index (χ4n) is 2.69. The van der Waals surface area contributed by atoms with Crippen LogP contribution in [0, 0.1) is 10.1 Å². The van der Waals surface area contributed by atoms with Crippen molar-refractivity contribution in [1.82, 2.24) is 0 Å². The Bertz CT molecular complexity index is 553. The fourth-order valence-corrected chi connectivity index (χ4v) is 3.35. The maximum Gasteiger partial charge on any atom is 0.294 e. The molecule has 2 saturated heterocycles. The lowest BCUT2D eigenvalue weighted by Crippen LogP contribution is -2.54. The van der Waals surface area contributed by atoms with Crippen molar-refractivity contribution in [1.29, 1.82) is 0 Å². The first-order chi connectivity index (χ1) is 10.6. The van der Waals surface area contributed by atoms with Crippen LogP contribution in [0.15, 0.2) is 0 Å². The van der Waals surface area contributed by atoms with Crippen LogP contribution in [-0.2, 0) is 24.4 Å². The molecule has 0 aromatic rings. The van der Waals surface area contributed by atoms with Gasteiger partial charge in [0.2, 0.25) is 0 Å². The number of ether oxygens (including phenoxy) is 2. The summed E-state index contributed by atoms with van der Waals surface area (Å²) in [5.41, 5.74) is -2.03. The van der Waals surface area contributed by atoms with Crippen molar-refractivity contribution in [2.45, 2.75) is 41.7 Å². The van der Waals surface area contributed by atoms with E-state index in [9.17, 15) is 33.9 Å². The van der Waals surface area contributed by atoms with Gasteiger partial charge in [-0.2, -0.15) is 8.42 Å². The molecule has 6 atom stereocenters. The van der Waals surface area contributed by atoms with Crippen LogP contribution in [0.3, 0.4) is 0 Å². The second-order valence-electron chi connectivity index (χ2n) is 5.50. The summed E-state index contributed by atoms with van der Waals surface area (Å²) in [4.78, 5) is 14.1. The molecule has 4 N–H and O–H groups in total. The highest BCUT2D eigenvalue weighted by atomic mass is 32.2. The third-order valence-electron chi connectivity index (χ3n) is 3.97. The number of nitrogens with zero attached hydrogens (tertiary/aromatic N) is 1. The van der Waals surface area contributed by atoms with Crippen molar-refractivity contribution < 1.29 is 47.7 Å². The smallest absolute Gasteiger partial charge is 0.294 e. The van der Waals surface area contributed by atoms with E-state index in [1.807, 2.05) is 0 Å². The van der Waals surface area contributed by atoms with Gasteiger partial charge in [0.1, 0.15) is 35.8 Å². The molecule has 2 fully saturated rings. The molecule has 23 heavy (non-hydrogen) atoms. The Hall–Kier alpha value is -1.09. The van der Waals surface area contributed by atoms with Crippen LogP contribution in [0.1, 0.15) is 6.42 Å². The van der Waals surface area contributed by atoms with E-state index in [4.69, 9.17) is 14.0 Å². The lowest BCUT2D eigenvalue weighted by atomic mass is 9.87. The molecule has 0 saturated carbocycles. The average Bonchev–Trinajstić information content (AvgIpc) is 2.96. The Balaban J connectivity index is 2.09. The molecule has 0 aromatic heterocycles. The van der Waals surface area contributed by atoms with E-state index in [1.165, 1.54) is 0 Å². The zero-order valence-electron chi connectivity index (χ0n) is 11.7. The van der Waals surface area contributed by atoms with Crippen molar-refractivity contribution in [2.24, 2.45) is 0 Å². The quantitative estimate of drug-likeness (QED) is 0.207. The van der Waals surface area contributed by atoms with Crippen LogP contribution in [0.5, 0.6) is 0 Å². The first kappa shape index (κ1) is 18.3. The molecule has 0 aliphatic carbocycles. The Morgan fingerprint density at radius 3 is 2.65 bits per heavy atom. The number of hydrogen-bond acceptors (Lipinski definition) is 10. The van der Waals surface area contributed by atoms with E-state index in [0.717, 1.165) is 0 Å². The summed E-state index contributed by atoms with van der Waals surface area (Å²) in [6.07, 6.45) is -5.49. The van der Waals surface area contributed by atoms with Crippen LogP contribution in [0.4, 0.5) is 0 Å². The van der Waals surface area contributed by atoms with Crippen molar-refractivity contribution in [3.63, 3.8) is 0 Å². The van der Waals surface area contributed by atoms with E-state index in [1.54, 1.807) is 0 Å². The molecular weight excluding hydrogens is 342 g/mol. The molecule has 134 valence electrons. The Labute approximate surface area is 130 Å². The standard InChI is InChI=1S/C10H17NO11S/c12-6-3-20-9-8(6)21-4-10(9,14)7(13)1-5(23(17,18)19)2-22-11(15)16/h5-9,12-14H,1-4H2,(H,17,18,19)/t5?,6-,7?,8+,9-,10+/m0/s1. The Kier molecular flexibility index (Phi) is 5.10. The molecule has 2 aliphatic rings. The summed E-state index contributed by atoms with van der Waals surface area (Å²) in [7, 11) is -4.78. The Morgan fingerprint density at radius 2 is 2.09 bits per heavy atom. The second kappa shape index (κ2) is 6.43. The van der Waals surface area contributed by atoms with Crippen molar-refractivity contribution in [3.8, 4) is 0 Å². The summed E-state index contributed by atoms with van der Waals surface area (Å²) in [5, 5.41) is 37.3. The van der Waals surface area contributed by atoms with E-state index in [-0.39, 0.29) is 6.61 Å². The molecule has 12 nitrogen and oxygen atoms in total. The minimum absolute atomic E-state index is 0.128. The minimum Gasteiger partial charge on any atom is -0.390 e. The highest BCUT2D eigenvalue weighted by Crippen LogP contribution is 2.37. The van der Waals surface area contributed by atoms with Crippen molar-refractivity contribution in [3.05, 3.63) is 10.1 Å². The summed E-state index contributed by atoms with van der Waals surface area (Å²) < 4.78 is 41.9. The van der Waals surface area contributed by atoms with Gasteiger partial charge in [0, 0.05) is 0 Å². The maximum absolute atomic E-state index is 11.2. The van der Waals surface area contributed by atoms with Crippen LogP contribution < -0.4 is 0 Å². The van der Waals surface area contributed by atoms with Gasteiger partial charge in [-0.25, -0.2) is 0 Å². The first-order valence-electron chi connectivity index (χ1n) is 6.61. The summed E-state index contributed by atoms with van der Waals surface area (Å²) in [5.74, 6) is 0. The molecule has 2 aliphatic heterocycles. The minimum atomic E-state index is -4.78. The summed E-state index contributed by atoms with van der Waals surface area (Å²) in [6, 6.07) is 0. The van der Waals surface area contributed by atoms with E-state index >= 15 is 0 Å². The zero-order chi connectivity index (χ0) is 17.4.